The molecule has 160 valence electrons. The number of allylic oxidation sites excluding steroid dienone is 2. The van der Waals surface area contributed by atoms with E-state index in [1.807, 2.05) is 33.8 Å². The number of pyridine rings is 1. The molecule has 0 saturated heterocycles. The Morgan fingerprint density at radius 2 is 1.50 bits per heavy atom. The Morgan fingerprint density at radius 3 is 2.23 bits per heavy atom. The second kappa shape index (κ2) is 12.2. The van der Waals surface area contributed by atoms with Crippen LogP contribution in [0.25, 0.3) is 24.3 Å². The average molecular weight is 404 g/mol. The highest BCUT2D eigenvalue weighted by molar-refractivity contribution is 5.67. The standard InChI is InChI=1S/C24H25NO.2C2H6/c1-17-13-21-9-11-22(25-24(21)14-18(17)2)16-26-23-12-10-19-7-5-3-4-6-8-20(19)15-23;2*1-2/h5-15,17-18H,3-4,16H2,1-2H3;2*1-2H3/b7-5-,8-6-;;/t17?,18-;;/m0../s1. The van der Waals surface area contributed by atoms with Gasteiger partial charge < -0.3 is 4.74 Å². The van der Waals surface area contributed by atoms with Crippen LogP contribution in [0.15, 0.2) is 42.5 Å². The molecule has 0 radical (unpaired) electrons. The summed E-state index contributed by atoms with van der Waals surface area (Å²) in [5.41, 5.74) is 3.42. The molecule has 4 rings (SSSR count). The highest BCUT2D eigenvalue weighted by Gasteiger charge is 2.11. The van der Waals surface area contributed by atoms with Crippen molar-refractivity contribution in [2.45, 2.75) is 61.0 Å². The van der Waals surface area contributed by atoms with Gasteiger partial charge in [0.2, 0.25) is 0 Å². The molecule has 0 aliphatic heterocycles. The second-order valence-electron chi connectivity index (χ2n) is 7.29. The molecule has 1 aromatic heterocycles. The van der Waals surface area contributed by atoms with Crippen LogP contribution in [0.3, 0.4) is 0 Å². The SMILES string of the molecule is CC.CC.CC1C=c2ccc(COc3ccc4c(c3)/C=C\CC/C=C\4)nc2=C[C@@H]1C. The summed E-state index contributed by atoms with van der Waals surface area (Å²) in [4.78, 5) is 4.79. The molecule has 1 unspecified atom stereocenters. The lowest BCUT2D eigenvalue weighted by Crippen LogP contribution is -2.35. The van der Waals surface area contributed by atoms with Crippen molar-refractivity contribution in [3.8, 4) is 5.75 Å². The zero-order chi connectivity index (χ0) is 21.9. The molecular formula is C28H37NO. The van der Waals surface area contributed by atoms with Crippen LogP contribution in [0.1, 0.15) is 71.2 Å². The first-order chi connectivity index (χ1) is 14.7. The molecule has 1 aromatic carbocycles. The maximum absolute atomic E-state index is 6.02. The molecule has 0 spiro atoms. The van der Waals surface area contributed by atoms with E-state index in [0.29, 0.717) is 18.4 Å². The summed E-state index contributed by atoms with van der Waals surface area (Å²) in [7, 11) is 0. The van der Waals surface area contributed by atoms with E-state index in [-0.39, 0.29) is 0 Å². The minimum absolute atomic E-state index is 0.489. The van der Waals surface area contributed by atoms with Crippen LogP contribution in [0.5, 0.6) is 5.75 Å². The molecule has 0 fully saturated rings. The average Bonchev–Trinajstić information content (AvgIpc) is 2.77. The topological polar surface area (TPSA) is 22.1 Å². The number of hydrogen-bond acceptors (Lipinski definition) is 2. The number of ether oxygens (including phenoxy) is 1. The Morgan fingerprint density at radius 1 is 0.833 bits per heavy atom. The fourth-order valence-corrected chi connectivity index (χ4v) is 3.43. The summed E-state index contributed by atoms with van der Waals surface area (Å²) in [6, 6.07) is 10.5. The zero-order valence-electron chi connectivity index (χ0n) is 19.5. The molecule has 30 heavy (non-hydrogen) atoms. The predicted octanol–water partition coefficient (Wildman–Crippen LogP) is 6.38. The number of hydrogen-bond donors (Lipinski definition) is 0. The summed E-state index contributed by atoms with van der Waals surface area (Å²) in [5.74, 6) is 1.98. The van der Waals surface area contributed by atoms with Gasteiger partial charge in [0, 0.05) is 0 Å². The molecule has 2 atom stereocenters. The predicted molar refractivity (Wildman–Crippen MR) is 132 cm³/mol. The molecule has 2 aliphatic carbocycles. The Balaban J connectivity index is 0.000000757. The van der Waals surface area contributed by atoms with Crippen molar-refractivity contribution in [1.82, 2.24) is 4.98 Å². The molecule has 1 heterocycles. The van der Waals surface area contributed by atoms with Gasteiger partial charge in [-0.2, -0.15) is 0 Å². The number of aromatic nitrogens is 1. The van der Waals surface area contributed by atoms with Crippen LogP contribution in [-0.2, 0) is 6.61 Å². The van der Waals surface area contributed by atoms with E-state index < -0.39 is 0 Å². The van der Waals surface area contributed by atoms with Crippen molar-refractivity contribution >= 4 is 24.3 Å². The van der Waals surface area contributed by atoms with E-state index in [1.54, 1.807) is 0 Å². The third-order valence-electron chi connectivity index (χ3n) is 5.25. The molecule has 0 saturated carbocycles. The third kappa shape index (κ3) is 6.19. The first kappa shape index (κ1) is 23.7. The summed E-state index contributed by atoms with van der Waals surface area (Å²) in [6.45, 7) is 13.0. The molecule has 0 N–H and O–H groups in total. The van der Waals surface area contributed by atoms with Gasteiger partial charge in [-0.25, -0.2) is 4.98 Å². The molecule has 0 amide bonds. The highest BCUT2D eigenvalue weighted by Crippen LogP contribution is 2.23. The van der Waals surface area contributed by atoms with Gasteiger partial charge in [-0.1, -0.05) is 90.1 Å². The van der Waals surface area contributed by atoms with Gasteiger partial charge in [0.1, 0.15) is 12.4 Å². The number of nitrogens with zero attached hydrogens (tertiary/aromatic N) is 1. The maximum atomic E-state index is 6.02. The fourth-order valence-electron chi connectivity index (χ4n) is 3.43. The molecular weight excluding hydrogens is 366 g/mol. The third-order valence-corrected chi connectivity index (χ3v) is 5.25. The van der Waals surface area contributed by atoms with Gasteiger partial charge in [0.15, 0.2) is 0 Å². The lowest BCUT2D eigenvalue weighted by atomic mass is 9.91. The van der Waals surface area contributed by atoms with Crippen LogP contribution in [0, 0.1) is 11.8 Å². The lowest BCUT2D eigenvalue weighted by Gasteiger charge is -2.16. The van der Waals surface area contributed by atoms with E-state index in [2.05, 4.69) is 74.6 Å². The Kier molecular flexibility index (Phi) is 9.60. The summed E-state index contributed by atoms with van der Waals surface area (Å²) < 4.78 is 6.02. The van der Waals surface area contributed by atoms with Gasteiger partial charge in [-0.3, -0.25) is 0 Å². The largest absolute Gasteiger partial charge is 0.487 e. The van der Waals surface area contributed by atoms with Crippen LogP contribution in [0.4, 0.5) is 0 Å². The number of rotatable bonds is 3. The van der Waals surface area contributed by atoms with Crippen LogP contribution in [-0.4, -0.2) is 4.98 Å². The van der Waals surface area contributed by atoms with Crippen molar-refractivity contribution in [1.29, 1.82) is 0 Å². The van der Waals surface area contributed by atoms with Crippen LogP contribution >= 0.6 is 0 Å². The van der Waals surface area contributed by atoms with Crippen molar-refractivity contribution in [3.05, 3.63) is 69.9 Å². The molecule has 2 nitrogen and oxygen atoms in total. The first-order valence-corrected chi connectivity index (χ1v) is 11.5. The van der Waals surface area contributed by atoms with Crippen LogP contribution in [0.2, 0.25) is 0 Å². The van der Waals surface area contributed by atoms with Gasteiger partial charge in [-0.05, 0) is 59.2 Å². The molecule has 0 bridgehead atoms. The quantitative estimate of drug-likeness (QED) is 0.593. The minimum atomic E-state index is 0.489. The van der Waals surface area contributed by atoms with Gasteiger partial charge in [0.05, 0.1) is 11.0 Å². The van der Waals surface area contributed by atoms with Crippen molar-refractivity contribution in [3.63, 3.8) is 0 Å². The number of benzene rings is 1. The smallest absolute Gasteiger partial charge is 0.130 e. The van der Waals surface area contributed by atoms with E-state index in [1.165, 1.54) is 16.3 Å². The van der Waals surface area contributed by atoms with Gasteiger partial charge in [-0.15, -0.1) is 0 Å². The molecule has 2 aromatic rings. The normalized spacial score (nSPS) is 20.6. The Labute approximate surface area is 182 Å². The number of fused-ring (bicyclic) bond motifs is 2. The van der Waals surface area contributed by atoms with Crippen molar-refractivity contribution in [2.24, 2.45) is 11.8 Å². The minimum Gasteiger partial charge on any atom is -0.487 e. The summed E-state index contributed by atoms with van der Waals surface area (Å²) >= 11 is 0. The Bertz CT molecular complexity index is 984. The maximum Gasteiger partial charge on any atom is 0.130 e. The first-order valence-electron chi connectivity index (χ1n) is 11.5. The van der Waals surface area contributed by atoms with E-state index >= 15 is 0 Å². The van der Waals surface area contributed by atoms with E-state index in [0.717, 1.165) is 29.6 Å². The second-order valence-corrected chi connectivity index (χ2v) is 7.29. The van der Waals surface area contributed by atoms with Crippen LogP contribution < -0.4 is 15.3 Å². The van der Waals surface area contributed by atoms with Crippen molar-refractivity contribution in [2.75, 3.05) is 0 Å². The molecule has 2 aliphatic rings. The van der Waals surface area contributed by atoms with Crippen molar-refractivity contribution < 1.29 is 4.74 Å². The van der Waals surface area contributed by atoms with E-state index in [9.17, 15) is 0 Å². The van der Waals surface area contributed by atoms with E-state index in [4.69, 9.17) is 9.72 Å². The molecule has 2 heteroatoms. The monoisotopic (exact) mass is 403 g/mol. The summed E-state index contributed by atoms with van der Waals surface area (Å²) in [5, 5.41) is 2.32. The highest BCUT2D eigenvalue weighted by atomic mass is 16.5. The fraction of sp³-hybridized carbons (Fsp3) is 0.393. The lowest BCUT2D eigenvalue weighted by molar-refractivity contribution is 0.301. The van der Waals surface area contributed by atoms with Gasteiger partial charge in [0.25, 0.3) is 0 Å². The summed E-state index contributed by atoms with van der Waals surface area (Å²) in [6.07, 6.45) is 15.6. The van der Waals surface area contributed by atoms with Gasteiger partial charge >= 0.3 is 0 Å². The zero-order valence-corrected chi connectivity index (χ0v) is 19.5. The Hall–Kier alpha value is -2.61.